The van der Waals surface area contributed by atoms with Crippen LogP contribution in [-0.2, 0) is 6.42 Å². The van der Waals surface area contributed by atoms with Crippen LogP contribution in [0.1, 0.15) is 26.0 Å². The summed E-state index contributed by atoms with van der Waals surface area (Å²) in [6, 6.07) is 0. The summed E-state index contributed by atoms with van der Waals surface area (Å²) in [6.45, 7) is 7.35. The van der Waals surface area contributed by atoms with Crippen molar-refractivity contribution in [2.75, 3.05) is 0 Å². The van der Waals surface area contributed by atoms with Crippen LogP contribution in [0.4, 0.5) is 0 Å². The van der Waals surface area contributed by atoms with E-state index >= 15 is 0 Å². The van der Waals surface area contributed by atoms with Crippen LogP contribution in [0.2, 0.25) is 0 Å². The Morgan fingerprint density at radius 2 is 2.21 bits per heavy atom. The number of hydrogen-bond donors (Lipinski definition) is 1. The number of nitrogens with zero attached hydrogens (tertiary/aromatic N) is 2. The first-order valence-corrected chi connectivity index (χ1v) is 4.80. The molecule has 0 radical (unpaired) electrons. The minimum atomic E-state index is -0.301. The Hall–Kier alpha value is -1.22. The van der Waals surface area contributed by atoms with Crippen molar-refractivity contribution in [3.05, 3.63) is 36.9 Å². The van der Waals surface area contributed by atoms with Crippen molar-refractivity contribution in [2.24, 2.45) is 0 Å². The zero-order valence-electron chi connectivity index (χ0n) is 8.85. The Balaban J connectivity index is 0.000000255. The van der Waals surface area contributed by atoms with Crippen LogP contribution in [0, 0.1) is 0 Å². The van der Waals surface area contributed by atoms with Crippen molar-refractivity contribution in [1.82, 2.24) is 9.97 Å². The van der Waals surface area contributed by atoms with Gasteiger partial charge in [-0.1, -0.05) is 19.9 Å². The Morgan fingerprint density at radius 1 is 1.50 bits per heavy atom. The Bertz CT molecular complexity index is 236. The monoisotopic (exact) mass is 194 g/mol. The highest BCUT2D eigenvalue weighted by Gasteiger charge is 1.86. The number of aromatic nitrogens is 2. The Labute approximate surface area is 85.5 Å². The summed E-state index contributed by atoms with van der Waals surface area (Å²) in [5.41, 5.74) is 1.05. The van der Waals surface area contributed by atoms with Gasteiger partial charge in [0.25, 0.3) is 0 Å². The van der Waals surface area contributed by atoms with Crippen LogP contribution in [0.25, 0.3) is 0 Å². The third-order valence-electron chi connectivity index (χ3n) is 1.67. The molecular weight excluding hydrogens is 176 g/mol. The molecule has 0 amide bonds. The van der Waals surface area contributed by atoms with Crippen LogP contribution < -0.4 is 0 Å². The zero-order valence-corrected chi connectivity index (χ0v) is 8.85. The molecule has 0 bridgehead atoms. The van der Waals surface area contributed by atoms with Gasteiger partial charge >= 0.3 is 0 Å². The van der Waals surface area contributed by atoms with E-state index < -0.39 is 0 Å². The van der Waals surface area contributed by atoms with Gasteiger partial charge in [0.2, 0.25) is 0 Å². The molecule has 3 heteroatoms. The lowest BCUT2D eigenvalue weighted by Crippen LogP contribution is -1.95. The number of aliphatic hydroxyl groups excluding tert-OH is 1. The minimum absolute atomic E-state index is 0.301. The summed E-state index contributed by atoms with van der Waals surface area (Å²) in [4.78, 5) is 7.93. The van der Waals surface area contributed by atoms with Gasteiger partial charge in [0.05, 0.1) is 11.8 Å². The van der Waals surface area contributed by atoms with Gasteiger partial charge in [0.1, 0.15) is 0 Å². The lowest BCUT2D eigenvalue weighted by molar-refractivity contribution is 0.219. The normalized spacial score (nSPS) is 11.1. The van der Waals surface area contributed by atoms with Crippen LogP contribution in [0.5, 0.6) is 0 Å². The van der Waals surface area contributed by atoms with E-state index in [0.29, 0.717) is 0 Å². The molecular formula is C11H18N2O. The molecule has 1 N–H and O–H groups in total. The average Bonchev–Trinajstić information content (AvgIpc) is 2.30. The standard InChI is InChI=1S/C6H8N2.C5H10O/c1-2-6-5-7-3-4-8-6;1-3-5(6)4-2/h3-5H,2H2,1H3;3,5-6H,1,4H2,2H3. The number of hydrogen-bond acceptors (Lipinski definition) is 3. The minimum Gasteiger partial charge on any atom is -0.389 e. The second kappa shape index (κ2) is 8.38. The summed E-state index contributed by atoms with van der Waals surface area (Å²) in [5, 5.41) is 8.55. The van der Waals surface area contributed by atoms with E-state index in [2.05, 4.69) is 23.5 Å². The number of aryl methyl sites for hydroxylation is 1. The van der Waals surface area contributed by atoms with Gasteiger partial charge < -0.3 is 5.11 Å². The Morgan fingerprint density at radius 3 is 2.43 bits per heavy atom. The molecule has 0 spiro atoms. The quantitative estimate of drug-likeness (QED) is 0.748. The van der Waals surface area contributed by atoms with E-state index in [1.165, 1.54) is 6.08 Å². The van der Waals surface area contributed by atoms with Crippen molar-refractivity contribution in [1.29, 1.82) is 0 Å². The van der Waals surface area contributed by atoms with Crippen LogP contribution in [0.3, 0.4) is 0 Å². The van der Waals surface area contributed by atoms with E-state index in [-0.39, 0.29) is 6.10 Å². The SMILES string of the molecule is C=CC(O)CC.CCc1cnccn1. The fraction of sp³-hybridized carbons (Fsp3) is 0.455. The first-order valence-electron chi connectivity index (χ1n) is 4.80. The second-order valence-electron chi connectivity index (χ2n) is 2.76. The smallest absolute Gasteiger partial charge is 0.0715 e. The number of aliphatic hydroxyl groups is 1. The van der Waals surface area contributed by atoms with Crippen molar-refractivity contribution in [3.63, 3.8) is 0 Å². The second-order valence-corrected chi connectivity index (χ2v) is 2.76. The van der Waals surface area contributed by atoms with E-state index in [9.17, 15) is 0 Å². The molecule has 78 valence electrons. The van der Waals surface area contributed by atoms with Gasteiger partial charge in [0.15, 0.2) is 0 Å². The predicted molar refractivity (Wildman–Crippen MR) is 57.9 cm³/mol. The molecule has 0 saturated carbocycles. The molecule has 1 rings (SSSR count). The topological polar surface area (TPSA) is 46.0 Å². The highest BCUT2D eigenvalue weighted by molar-refractivity contribution is 4.92. The summed E-state index contributed by atoms with van der Waals surface area (Å²) in [6.07, 6.45) is 8.12. The van der Waals surface area contributed by atoms with E-state index in [1.54, 1.807) is 18.6 Å². The maximum absolute atomic E-state index is 8.55. The zero-order chi connectivity index (χ0) is 10.8. The highest BCUT2D eigenvalue weighted by Crippen LogP contribution is 1.88. The molecule has 14 heavy (non-hydrogen) atoms. The van der Waals surface area contributed by atoms with Crippen LogP contribution >= 0.6 is 0 Å². The van der Waals surface area contributed by atoms with Gasteiger partial charge in [-0.3, -0.25) is 9.97 Å². The van der Waals surface area contributed by atoms with E-state index in [4.69, 9.17) is 5.11 Å². The number of rotatable bonds is 3. The summed E-state index contributed by atoms with van der Waals surface area (Å²) >= 11 is 0. The molecule has 0 aliphatic heterocycles. The first kappa shape index (κ1) is 12.8. The molecule has 0 saturated heterocycles. The molecule has 1 heterocycles. The van der Waals surface area contributed by atoms with Crippen LogP contribution in [-0.4, -0.2) is 21.2 Å². The third kappa shape index (κ3) is 6.31. The average molecular weight is 194 g/mol. The molecule has 1 aromatic heterocycles. The maximum Gasteiger partial charge on any atom is 0.0715 e. The summed E-state index contributed by atoms with van der Waals surface area (Å²) < 4.78 is 0. The van der Waals surface area contributed by atoms with Crippen molar-refractivity contribution in [3.8, 4) is 0 Å². The third-order valence-corrected chi connectivity index (χ3v) is 1.67. The molecule has 0 aromatic carbocycles. The molecule has 1 aromatic rings. The molecule has 1 atom stereocenters. The van der Waals surface area contributed by atoms with E-state index in [0.717, 1.165) is 18.5 Å². The largest absolute Gasteiger partial charge is 0.389 e. The van der Waals surface area contributed by atoms with E-state index in [1.807, 2.05) is 6.92 Å². The first-order chi connectivity index (χ1) is 6.74. The molecule has 0 aliphatic rings. The van der Waals surface area contributed by atoms with Gasteiger partial charge in [-0.2, -0.15) is 0 Å². The maximum atomic E-state index is 8.55. The summed E-state index contributed by atoms with van der Waals surface area (Å²) in [7, 11) is 0. The predicted octanol–water partition coefficient (Wildman–Crippen LogP) is 1.98. The lowest BCUT2D eigenvalue weighted by Gasteiger charge is -1.93. The van der Waals surface area contributed by atoms with Gasteiger partial charge in [0, 0.05) is 18.6 Å². The highest BCUT2D eigenvalue weighted by atomic mass is 16.3. The molecule has 0 fully saturated rings. The van der Waals surface area contributed by atoms with Crippen LogP contribution in [0.15, 0.2) is 31.2 Å². The van der Waals surface area contributed by atoms with Gasteiger partial charge in [-0.25, -0.2) is 0 Å². The summed E-state index contributed by atoms with van der Waals surface area (Å²) in [5.74, 6) is 0. The van der Waals surface area contributed by atoms with Crippen molar-refractivity contribution >= 4 is 0 Å². The van der Waals surface area contributed by atoms with Crippen molar-refractivity contribution in [2.45, 2.75) is 32.8 Å². The van der Waals surface area contributed by atoms with Crippen molar-refractivity contribution < 1.29 is 5.11 Å². The van der Waals surface area contributed by atoms with Gasteiger partial charge in [-0.05, 0) is 12.8 Å². The fourth-order valence-electron chi connectivity index (χ4n) is 0.679. The lowest BCUT2D eigenvalue weighted by atomic mass is 10.3. The Kier molecular flexibility index (Phi) is 7.65. The fourth-order valence-corrected chi connectivity index (χ4v) is 0.679. The molecule has 1 unspecified atom stereocenters. The molecule has 3 nitrogen and oxygen atoms in total. The molecule has 0 aliphatic carbocycles. The van der Waals surface area contributed by atoms with Gasteiger partial charge in [-0.15, -0.1) is 6.58 Å².